The number of hydrogen-bond acceptors (Lipinski definition) is 3. The van der Waals surface area contributed by atoms with Crippen LogP contribution in [0.1, 0.15) is 20.3 Å². The molecule has 0 fully saturated rings. The molecule has 0 aliphatic carbocycles. The van der Waals surface area contributed by atoms with E-state index in [9.17, 15) is 4.79 Å². The maximum absolute atomic E-state index is 11.1. The molecule has 0 aromatic rings. The predicted octanol–water partition coefficient (Wildman–Crippen LogP) is 1.42. The maximum atomic E-state index is 11.1. The summed E-state index contributed by atoms with van der Waals surface area (Å²) in [5.41, 5.74) is 0. The van der Waals surface area contributed by atoms with E-state index in [1.807, 2.05) is 0 Å². The summed E-state index contributed by atoms with van der Waals surface area (Å²) >= 11 is 0. The van der Waals surface area contributed by atoms with E-state index in [-0.39, 0.29) is 6.09 Å². The molecule has 0 saturated heterocycles. The van der Waals surface area contributed by atoms with Crippen LogP contribution in [0.4, 0.5) is 4.79 Å². The highest BCUT2D eigenvalue weighted by Crippen LogP contribution is 1.93. The van der Waals surface area contributed by atoms with Gasteiger partial charge in [-0.05, 0) is 19.5 Å². The topological polar surface area (TPSA) is 32.8 Å². The standard InChI is InChI=1S/C10H22N2O2/c1-5-7-12(6-2)9-8-11(3)10(13)14-4/h5-9H2,1-4H3. The molecule has 0 heterocycles. The zero-order valence-electron chi connectivity index (χ0n) is 9.75. The van der Waals surface area contributed by atoms with Crippen molar-refractivity contribution < 1.29 is 9.53 Å². The summed E-state index contributed by atoms with van der Waals surface area (Å²) in [6.45, 7) is 8.05. The van der Waals surface area contributed by atoms with Crippen LogP contribution in [0.2, 0.25) is 0 Å². The van der Waals surface area contributed by atoms with Crippen molar-refractivity contribution in [1.29, 1.82) is 0 Å². The second-order valence-electron chi connectivity index (χ2n) is 3.33. The molecule has 0 saturated carbocycles. The largest absolute Gasteiger partial charge is 0.453 e. The summed E-state index contributed by atoms with van der Waals surface area (Å²) in [6.07, 6.45) is 0.882. The van der Waals surface area contributed by atoms with Gasteiger partial charge < -0.3 is 14.5 Å². The van der Waals surface area contributed by atoms with Gasteiger partial charge in [0.1, 0.15) is 0 Å². The summed E-state index contributed by atoms with van der Waals surface area (Å²) in [5, 5.41) is 0. The number of methoxy groups -OCH3 is 1. The molecule has 0 spiro atoms. The van der Waals surface area contributed by atoms with Crippen LogP contribution in [0, 0.1) is 0 Å². The van der Waals surface area contributed by atoms with Gasteiger partial charge in [0.05, 0.1) is 7.11 Å². The fourth-order valence-corrected chi connectivity index (χ4v) is 1.28. The monoisotopic (exact) mass is 202 g/mol. The number of carbonyl (C=O) groups is 1. The van der Waals surface area contributed by atoms with Gasteiger partial charge in [-0.1, -0.05) is 13.8 Å². The molecular formula is C10H22N2O2. The average molecular weight is 202 g/mol. The van der Waals surface area contributed by atoms with Crippen LogP contribution < -0.4 is 0 Å². The second-order valence-corrected chi connectivity index (χ2v) is 3.33. The Morgan fingerprint density at radius 1 is 1.21 bits per heavy atom. The van der Waals surface area contributed by atoms with Gasteiger partial charge >= 0.3 is 6.09 Å². The van der Waals surface area contributed by atoms with E-state index in [1.165, 1.54) is 7.11 Å². The van der Waals surface area contributed by atoms with Crippen molar-refractivity contribution in [2.24, 2.45) is 0 Å². The lowest BCUT2D eigenvalue weighted by molar-refractivity contribution is 0.127. The average Bonchev–Trinajstić information content (AvgIpc) is 2.22. The molecule has 0 aliphatic heterocycles. The molecule has 0 bridgehead atoms. The first-order valence-corrected chi connectivity index (χ1v) is 5.17. The van der Waals surface area contributed by atoms with Crippen molar-refractivity contribution in [3.05, 3.63) is 0 Å². The number of hydrogen-bond donors (Lipinski definition) is 0. The molecule has 0 rings (SSSR count). The lowest BCUT2D eigenvalue weighted by atomic mass is 10.4. The van der Waals surface area contributed by atoms with Crippen LogP contribution in [-0.4, -0.2) is 56.2 Å². The Labute approximate surface area is 86.8 Å². The zero-order valence-corrected chi connectivity index (χ0v) is 9.75. The number of carbonyl (C=O) groups excluding carboxylic acids is 1. The van der Waals surface area contributed by atoms with Crippen molar-refractivity contribution in [1.82, 2.24) is 9.80 Å². The van der Waals surface area contributed by atoms with E-state index in [4.69, 9.17) is 0 Å². The Hall–Kier alpha value is -0.770. The smallest absolute Gasteiger partial charge is 0.409 e. The molecule has 0 aromatic heterocycles. The molecule has 0 radical (unpaired) electrons. The van der Waals surface area contributed by atoms with Crippen molar-refractivity contribution in [3.63, 3.8) is 0 Å². The molecule has 84 valence electrons. The first kappa shape index (κ1) is 13.2. The lowest BCUT2D eigenvalue weighted by Crippen LogP contribution is -2.36. The summed E-state index contributed by atoms with van der Waals surface area (Å²) in [4.78, 5) is 15.0. The zero-order chi connectivity index (χ0) is 11.0. The van der Waals surface area contributed by atoms with Crippen LogP contribution in [0.3, 0.4) is 0 Å². The second kappa shape index (κ2) is 7.62. The van der Waals surface area contributed by atoms with Gasteiger partial charge in [-0.3, -0.25) is 0 Å². The Kier molecular flexibility index (Phi) is 7.20. The molecule has 0 unspecified atom stereocenters. The number of ether oxygens (including phenoxy) is 1. The van der Waals surface area contributed by atoms with Crippen LogP contribution in [0.15, 0.2) is 0 Å². The van der Waals surface area contributed by atoms with E-state index in [0.29, 0.717) is 0 Å². The van der Waals surface area contributed by atoms with Crippen LogP contribution in [-0.2, 0) is 4.74 Å². The highest BCUT2D eigenvalue weighted by Gasteiger charge is 2.09. The molecule has 0 aromatic carbocycles. The molecule has 4 nitrogen and oxygen atoms in total. The number of nitrogens with zero attached hydrogens (tertiary/aromatic N) is 2. The van der Waals surface area contributed by atoms with Crippen molar-refractivity contribution in [2.45, 2.75) is 20.3 Å². The van der Waals surface area contributed by atoms with Gasteiger partial charge in [-0.2, -0.15) is 0 Å². The Balaban J connectivity index is 3.72. The number of rotatable bonds is 6. The minimum atomic E-state index is -0.266. The fourth-order valence-electron chi connectivity index (χ4n) is 1.28. The van der Waals surface area contributed by atoms with Crippen molar-refractivity contribution in [3.8, 4) is 0 Å². The highest BCUT2D eigenvalue weighted by molar-refractivity contribution is 5.66. The van der Waals surface area contributed by atoms with E-state index in [2.05, 4.69) is 23.5 Å². The van der Waals surface area contributed by atoms with Crippen LogP contribution in [0.5, 0.6) is 0 Å². The van der Waals surface area contributed by atoms with Gasteiger partial charge in [-0.25, -0.2) is 4.79 Å². The molecule has 0 atom stereocenters. The summed E-state index contributed by atoms with van der Waals surface area (Å²) in [7, 11) is 3.16. The first-order chi connectivity index (χ1) is 6.65. The van der Waals surface area contributed by atoms with Crippen LogP contribution in [0.25, 0.3) is 0 Å². The Morgan fingerprint density at radius 2 is 1.86 bits per heavy atom. The molecule has 0 N–H and O–H groups in total. The summed E-state index contributed by atoms with van der Waals surface area (Å²) < 4.78 is 4.61. The predicted molar refractivity (Wildman–Crippen MR) is 57.4 cm³/mol. The molecule has 1 amide bonds. The van der Waals surface area contributed by atoms with E-state index >= 15 is 0 Å². The third-order valence-corrected chi connectivity index (χ3v) is 2.22. The minimum absolute atomic E-state index is 0.266. The Bertz CT molecular complexity index is 162. The lowest BCUT2D eigenvalue weighted by Gasteiger charge is -2.23. The summed E-state index contributed by atoms with van der Waals surface area (Å²) in [6, 6.07) is 0. The van der Waals surface area contributed by atoms with Gasteiger partial charge in [0.25, 0.3) is 0 Å². The SMILES string of the molecule is CCCN(CC)CCN(C)C(=O)OC. The summed E-state index contributed by atoms with van der Waals surface area (Å²) in [5.74, 6) is 0. The van der Waals surface area contributed by atoms with Crippen LogP contribution >= 0.6 is 0 Å². The quantitative estimate of drug-likeness (QED) is 0.653. The van der Waals surface area contributed by atoms with E-state index in [1.54, 1.807) is 11.9 Å². The molecular weight excluding hydrogens is 180 g/mol. The highest BCUT2D eigenvalue weighted by atomic mass is 16.5. The van der Waals surface area contributed by atoms with Gasteiger partial charge in [0.15, 0.2) is 0 Å². The van der Waals surface area contributed by atoms with Crippen molar-refractivity contribution in [2.75, 3.05) is 40.3 Å². The molecule has 14 heavy (non-hydrogen) atoms. The number of amides is 1. The van der Waals surface area contributed by atoms with E-state index < -0.39 is 0 Å². The third-order valence-electron chi connectivity index (χ3n) is 2.22. The molecule has 0 aliphatic rings. The maximum Gasteiger partial charge on any atom is 0.409 e. The van der Waals surface area contributed by atoms with Gasteiger partial charge in [0, 0.05) is 20.1 Å². The molecule has 4 heteroatoms. The normalized spacial score (nSPS) is 10.4. The number of likely N-dealkylation sites (N-methyl/N-ethyl adjacent to an activating group) is 2. The van der Waals surface area contributed by atoms with Gasteiger partial charge in [-0.15, -0.1) is 0 Å². The Morgan fingerprint density at radius 3 is 2.29 bits per heavy atom. The minimum Gasteiger partial charge on any atom is -0.453 e. The first-order valence-electron chi connectivity index (χ1n) is 5.17. The van der Waals surface area contributed by atoms with Crippen molar-refractivity contribution >= 4 is 6.09 Å². The van der Waals surface area contributed by atoms with E-state index in [0.717, 1.165) is 32.6 Å². The fraction of sp³-hybridized carbons (Fsp3) is 0.900. The van der Waals surface area contributed by atoms with Gasteiger partial charge in [0.2, 0.25) is 0 Å². The third kappa shape index (κ3) is 5.07.